The number of nitrogens with one attached hydrogen (secondary N) is 1. The minimum Gasteiger partial charge on any atom is -0.481 e. The van der Waals surface area contributed by atoms with E-state index in [1.165, 1.54) is 0 Å². The second kappa shape index (κ2) is 6.85. The van der Waals surface area contributed by atoms with Crippen molar-refractivity contribution in [3.8, 4) is 0 Å². The monoisotopic (exact) mass is 246 g/mol. The average Bonchev–Trinajstić information content (AvgIpc) is 2.14. The molecule has 1 amide bonds. The maximum atomic E-state index is 11.4. The Morgan fingerprint density at radius 1 is 1.24 bits per heavy atom. The summed E-state index contributed by atoms with van der Waals surface area (Å²) in [4.78, 5) is 32.6. The van der Waals surface area contributed by atoms with Crippen LogP contribution in [0.4, 0.5) is 0 Å². The molecule has 0 aromatic heterocycles. The number of nitrogens with two attached hydrogens (primary N) is 1. The molecule has 0 rings (SSSR count). The van der Waals surface area contributed by atoms with Gasteiger partial charge in [-0.15, -0.1) is 0 Å². The number of hydrogen-bond donors (Lipinski definition) is 4. The predicted molar refractivity (Wildman–Crippen MR) is 59.2 cm³/mol. The first-order valence-corrected chi connectivity index (χ1v) is 5.24. The van der Waals surface area contributed by atoms with E-state index in [2.05, 4.69) is 5.32 Å². The molecule has 0 aliphatic heterocycles. The zero-order valence-electron chi connectivity index (χ0n) is 9.84. The molecule has 2 atom stereocenters. The van der Waals surface area contributed by atoms with Gasteiger partial charge in [-0.2, -0.15) is 0 Å². The van der Waals surface area contributed by atoms with Gasteiger partial charge in [0.05, 0.1) is 12.5 Å². The Morgan fingerprint density at radius 3 is 2.12 bits per heavy atom. The summed E-state index contributed by atoms with van der Waals surface area (Å²) in [5, 5.41) is 19.5. The number of amides is 1. The van der Waals surface area contributed by atoms with E-state index in [0.717, 1.165) is 0 Å². The number of hydrogen-bond acceptors (Lipinski definition) is 4. The van der Waals surface area contributed by atoms with Gasteiger partial charge in [0.2, 0.25) is 5.91 Å². The Hall–Kier alpha value is -1.63. The van der Waals surface area contributed by atoms with Crippen LogP contribution < -0.4 is 11.1 Å². The van der Waals surface area contributed by atoms with Gasteiger partial charge < -0.3 is 21.3 Å². The smallest absolute Gasteiger partial charge is 0.326 e. The van der Waals surface area contributed by atoms with Gasteiger partial charge in [-0.1, -0.05) is 13.8 Å². The Labute approximate surface area is 99.0 Å². The number of rotatable bonds is 7. The summed E-state index contributed by atoms with van der Waals surface area (Å²) < 4.78 is 0. The molecule has 0 spiro atoms. The van der Waals surface area contributed by atoms with Gasteiger partial charge >= 0.3 is 11.9 Å². The molecule has 0 aromatic rings. The molecule has 7 nitrogen and oxygen atoms in total. The molecular formula is C10H18N2O5. The van der Waals surface area contributed by atoms with Crippen LogP contribution in [-0.2, 0) is 14.4 Å². The van der Waals surface area contributed by atoms with E-state index in [1.54, 1.807) is 0 Å². The Kier molecular flexibility index (Phi) is 6.19. The summed E-state index contributed by atoms with van der Waals surface area (Å²) in [6, 6.07) is -2.27. The van der Waals surface area contributed by atoms with Crippen molar-refractivity contribution in [2.75, 3.05) is 0 Å². The van der Waals surface area contributed by atoms with E-state index in [4.69, 9.17) is 15.9 Å². The van der Waals surface area contributed by atoms with Gasteiger partial charge in [-0.3, -0.25) is 9.59 Å². The van der Waals surface area contributed by atoms with Gasteiger partial charge in [0.25, 0.3) is 0 Å². The van der Waals surface area contributed by atoms with E-state index in [-0.39, 0.29) is 12.3 Å². The van der Waals surface area contributed by atoms with Crippen molar-refractivity contribution in [3.05, 3.63) is 0 Å². The standard InChI is InChI=1S/C10H18N2O5/c1-5(2)3-7(10(16)17)12-9(15)6(11)4-8(13)14/h5-7H,3-4,11H2,1-2H3,(H,12,15)(H,13,14)(H,16,17). The van der Waals surface area contributed by atoms with Crippen LogP contribution in [0.25, 0.3) is 0 Å². The Morgan fingerprint density at radius 2 is 1.76 bits per heavy atom. The summed E-state index contributed by atoms with van der Waals surface area (Å²) in [6.45, 7) is 3.64. The topological polar surface area (TPSA) is 130 Å². The molecule has 0 saturated carbocycles. The maximum absolute atomic E-state index is 11.4. The third-order valence-corrected chi connectivity index (χ3v) is 2.05. The van der Waals surface area contributed by atoms with Crippen molar-refractivity contribution >= 4 is 17.8 Å². The van der Waals surface area contributed by atoms with Crippen LogP contribution in [0.2, 0.25) is 0 Å². The summed E-state index contributed by atoms with van der Waals surface area (Å²) in [7, 11) is 0. The molecule has 2 unspecified atom stereocenters. The van der Waals surface area contributed by atoms with E-state index >= 15 is 0 Å². The van der Waals surface area contributed by atoms with Crippen molar-refractivity contribution in [2.24, 2.45) is 11.7 Å². The van der Waals surface area contributed by atoms with Crippen LogP contribution >= 0.6 is 0 Å². The quantitative estimate of drug-likeness (QED) is 0.474. The highest BCUT2D eigenvalue weighted by Crippen LogP contribution is 2.05. The molecule has 0 radical (unpaired) electrons. The lowest BCUT2D eigenvalue weighted by atomic mass is 10.0. The Bertz CT molecular complexity index is 303. The maximum Gasteiger partial charge on any atom is 0.326 e. The fourth-order valence-corrected chi connectivity index (χ4v) is 1.25. The first-order valence-electron chi connectivity index (χ1n) is 5.24. The van der Waals surface area contributed by atoms with E-state index in [0.29, 0.717) is 0 Å². The lowest BCUT2D eigenvalue weighted by Crippen LogP contribution is -2.49. The third-order valence-electron chi connectivity index (χ3n) is 2.05. The number of aliphatic carboxylic acids is 2. The summed E-state index contributed by atoms with van der Waals surface area (Å²) in [6.07, 6.45) is -0.263. The molecule has 0 aliphatic carbocycles. The fraction of sp³-hybridized carbons (Fsp3) is 0.700. The van der Waals surface area contributed by atoms with Crippen molar-refractivity contribution in [2.45, 2.75) is 38.8 Å². The van der Waals surface area contributed by atoms with E-state index in [9.17, 15) is 14.4 Å². The molecule has 0 saturated heterocycles. The van der Waals surface area contributed by atoms with Gasteiger partial charge in [0.15, 0.2) is 0 Å². The zero-order chi connectivity index (χ0) is 13.6. The number of carbonyl (C=O) groups is 3. The highest BCUT2D eigenvalue weighted by atomic mass is 16.4. The highest BCUT2D eigenvalue weighted by molar-refractivity contribution is 5.89. The first kappa shape index (κ1) is 15.4. The molecule has 98 valence electrons. The fourth-order valence-electron chi connectivity index (χ4n) is 1.25. The van der Waals surface area contributed by atoms with Crippen LogP contribution in [0.15, 0.2) is 0 Å². The minimum atomic E-state index is -1.23. The van der Waals surface area contributed by atoms with Crippen molar-refractivity contribution < 1.29 is 24.6 Å². The van der Waals surface area contributed by atoms with Gasteiger partial charge in [0, 0.05) is 0 Å². The summed E-state index contributed by atoms with van der Waals surface area (Å²) in [5.74, 6) is -3.04. The summed E-state index contributed by atoms with van der Waals surface area (Å²) >= 11 is 0. The normalized spacial score (nSPS) is 14.1. The molecule has 0 bridgehead atoms. The SMILES string of the molecule is CC(C)CC(NC(=O)C(N)CC(=O)O)C(=O)O. The zero-order valence-corrected chi connectivity index (χ0v) is 9.84. The number of carbonyl (C=O) groups excluding carboxylic acids is 1. The molecule has 5 N–H and O–H groups in total. The first-order chi connectivity index (χ1) is 7.73. The average molecular weight is 246 g/mol. The molecule has 0 fully saturated rings. The summed E-state index contributed by atoms with van der Waals surface area (Å²) in [5.41, 5.74) is 5.31. The molecule has 0 aliphatic rings. The molecule has 0 aromatic carbocycles. The second-order valence-electron chi connectivity index (χ2n) is 4.23. The Balaban J connectivity index is 4.39. The molecule has 17 heavy (non-hydrogen) atoms. The van der Waals surface area contributed by atoms with Crippen LogP contribution in [0.5, 0.6) is 0 Å². The molecule has 0 heterocycles. The predicted octanol–water partition coefficient (Wildman–Crippen LogP) is -0.596. The van der Waals surface area contributed by atoms with E-state index < -0.39 is 36.4 Å². The van der Waals surface area contributed by atoms with Crippen molar-refractivity contribution in [3.63, 3.8) is 0 Å². The van der Waals surface area contributed by atoms with Crippen molar-refractivity contribution in [1.82, 2.24) is 5.32 Å². The largest absolute Gasteiger partial charge is 0.481 e. The number of carboxylic acid groups (broad SMARTS) is 2. The van der Waals surface area contributed by atoms with Gasteiger partial charge in [0.1, 0.15) is 6.04 Å². The van der Waals surface area contributed by atoms with Crippen LogP contribution in [0.3, 0.4) is 0 Å². The second-order valence-corrected chi connectivity index (χ2v) is 4.23. The van der Waals surface area contributed by atoms with Crippen LogP contribution in [-0.4, -0.2) is 40.1 Å². The lowest BCUT2D eigenvalue weighted by molar-refractivity contribution is -0.143. The number of carboxylic acids is 2. The molecular weight excluding hydrogens is 228 g/mol. The van der Waals surface area contributed by atoms with Gasteiger partial charge in [-0.25, -0.2) is 4.79 Å². The third kappa shape index (κ3) is 6.52. The van der Waals surface area contributed by atoms with Crippen LogP contribution in [0.1, 0.15) is 26.7 Å². The lowest BCUT2D eigenvalue weighted by Gasteiger charge is -2.18. The van der Waals surface area contributed by atoms with Crippen molar-refractivity contribution in [1.29, 1.82) is 0 Å². The van der Waals surface area contributed by atoms with Crippen LogP contribution in [0, 0.1) is 5.92 Å². The highest BCUT2D eigenvalue weighted by Gasteiger charge is 2.25. The minimum absolute atomic E-state index is 0.0899. The molecule has 7 heteroatoms. The van der Waals surface area contributed by atoms with Gasteiger partial charge in [-0.05, 0) is 12.3 Å². The van der Waals surface area contributed by atoms with E-state index in [1.807, 2.05) is 13.8 Å².